The van der Waals surface area contributed by atoms with Gasteiger partial charge in [-0.1, -0.05) is 60.7 Å². The van der Waals surface area contributed by atoms with Gasteiger partial charge in [-0.05, 0) is 30.5 Å². The lowest BCUT2D eigenvalue weighted by molar-refractivity contribution is -0.152. The van der Waals surface area contributed by atoms with E-state index in [4.69, 9.17) is 0 Å². The first-order valence-corrected chi connectivity index (χ1v) is 10.1. The Bertz CT molecular complexity index is 809. The van der Waals surface area contributed by atoms with Gasteiger partial charge >= 0.3 is 0 Å². The van der Waals surface area contributed by atoms with Crippen LogP contribution in [0.15, 0.2) is 60.7 Å². The van der Waals surface area contributed by atoms with Crippen LogP contribution in [-0.2, 0) is 22.4 Å². The van der Waals surface area contributed by atoms with Crippen molar-refractivity contribution >= 4 is 11.8 Å². The second kappa shape index (κ2) is 8.57. The first-order chi connectivity index (χ1) is 13.7. The first kappa shape index (κ1) is 18.7. The molecule has 0 radical (unpaired) electrons. The van der Waals surface area contributed by atoms with Gasteiger partial charge in [0, 0.05) is 26.1 Å². The monoisotopic (exact) mass is 377 g/mol. The van der Waals surface area contributed by atoms with Crippen LogP contribution in [0, 0.1) is 0 Å². The second-order valence-corrected chi connectivity index (χ2v) is 7.69. The fourth-order valence-electron chi connectivity index (χ4n) is 4.20. The minimum Gasteiger partial charge on any atom is -0.342 e. The van der Waals surface area contributed by atoms with Crippen LogP contribution in [-0.4, -0.2) is 59.9 Å². The van der Waals surface area contributed by atoms with Gasteiger partial charge in [-0.15, -0.1) is 0 Å². The molecule has 2 aliphatic heterocycles. The molecule has 0 aromatic heterocycles. The molecule has 0 unspecified atom stereocenters. The number of carbonyl (C=O) groups excluding carboxylic acids is 2. The highest BCUT2D eigenvalue weighted by molar-refractivity contribution is 5.97. The summed E-state index contributed by atoms with van der Waals surface area (Å²) in [6, 6.07) is 19.5. The summed E-state index contributed by atoms with van der Waals surface area (Å²) in [6.07, 6.45) is 2.65. The maximum Gasteiger partial charge on any atom is 0.246 e. The number of nitrogens with zero attached hydrogens (tertiary/aromatic N) is 2. The van der Waals surface area contributed by atoms with Crippen molar-refractivity contribution in [3.63, 3.8) is 0 Å². The van der Waals surface area contributed by atoms with Crippen molar-refractivity contribution in [2.75, 3.05) is 26.2 Å². The molecule has 4 rings (SSSR count). The van der Waals surface area contributed by atoms with Crippen molar-refractivity contribution in [3.05, 3.63) is 71.8 Å². The smallest absolute Gasteiger partial charge is 0.246 e. The summed E-state index contributed by atoms with van der Waals surface area (Å²) in [6.45, 7) is 3.05. The number of rotatable bonds is 6. The normalized spacial score (nSPS) is 22.6. The molecule has 0 spiro atoms. The second-order valence-electron chi connectivity index (χ2n) is 7.69. The number of benzene rings is 2. The van der Waals surface area contributed by atoms with E-state index in [1.54, 1.807) is 4.90 Å². The van der Waals surface area contributed by atoms with Crippen LogP contribution in [0.1, 0.15) is 17.5 Å². The lowest BCUT2D eigenvalue weighted by atomic mass is 9.98. The van der Waals surface area contributed by atoms with Crippen molar-refractivity contribution < 1.29 is 9.59 Å². The van der Waals surface area contributed by atoms with Gasteiger partial charge in [-0.3, -0.25) is 14.5 Å². The number of fused-ring (bicyclic) bond motifs is 1. The highest BCUT2D eigenvalue weighted by Crippen LogP contribution is 2.19. The van der Waals surface area contributed by atoms with Crippen molar-refractivity contribution in [1.82, 2.24) is 15.1 Å². The van der Waals surface area contributed by atoms with E-state index in [1.807, 2.05) is 36.4 Å². The average Bonchev–Trinajstić information content (AvgIpc) is 2.73. The largest absolute Gasteiger partial charge is 0.342 e. The van der Waals surface area contributed by atoms with Crippen molar-refractivity contribution in [3.8, 4) is 0 Å². The van der Waals surface area contributed by atoms with E-state index in [1.165, 1.54) is 5.56 Å². The molecule has 2 atom stereocenters. The Kier molecular flexibility index (Phi) is 5.72. The summed E-state index contributed by atoms with van der Waals surface area (Å²) in [5, 5.41) is 2.96. The van der Waals surface area contributed by atoms with Gasteiger partial charge in [0.25, 0.3) is 0 Å². The highest BCUT2D eigenvalue weighted by Gasteiger charge is 2.43. The summed E-state index contributed by atoms with van der Waals surface area (Å²) in [4.78, 5) is 29.7. The summed E-state index contributed by atoms with van der Waals surface area (Å²) >= 11 is 0. The molecule has 28 heavy (non-hydrogen) atoms. The third-order valence-corrected chi connectivity index (χ3v) is 5.73. The summed E-state index contributed by atoms with van der Waals surface area (Å²) in [5.74, 6) is 0.0330. The van der Waals surface area contributed by atoms with Crippen molar-refractivity contribution in [1.29, 1.82) is 0 Å². The minimum absolute atomic E-state index is 0.0201. The van der Waals surface area contributed by atoms with E-state index in [0.717, 1.165) is 31.5 Å². The van der Waals surface area contributed by atoms with Gasteiger partial charge < -0.3 is 10.2 Å². The molecule has 5 nitrogen and oxygen atoms in total. The van der Waals surface area contributed by atoms with Crippen molar-refractivity contribution in [2.45, 2.75) is 31.3 Å². The maximum atomic E-state index is 12.9. The van der Waals surface area contributed by atoms with Gasteiger partial charge in [0.2, 0.25) is 11.8 Å². The standard InChI is InChI=1S/C23H27N3O2/c27-22-21-17-25(13-7-12-18-8-3-1-4-9-18)14-15-26(21)23(28)20(24-22)16-19-10-5-2-6-11-19/h1-6,8-11,20-21H,7,12-17H2,(H,24,27)/t20-,21+/m0/s1. The Balaban J connectivity index is 1.31. The molecule has 5 heteroatoms. The van der Waals surface area contributed by atoms with Gasteiger partial charge in [0.15, 0.2) is 0 Å². The lowest BCUT2D eigenvalue weighted by Crippen LogP contribution is -2.69. The average molecular weight is 377 g/mol. The fourth-order valence-corrected chi connectivity index (χ4v) is 4.20. The first-order valence-electron chi connectivity index (χ1n) is 10.1. The topological polar surface area (TPSA) is 52.7 Å². The molecule has 2 aromatic carbocycles. The summed E-state index contributed by atoms with van der Waals surface area (Å²) in [5.41, 5.74) is 2.41. The van der Waals surface area contributed by atoms with Gasteiger partial charge in [0.1, 0.15) is 12.1 Å². The van der Waals surface area contributed by atoms with Crippen LogP contribution in [0.5, 0.6) is 0 Å². The lowest BCUT2D eigenvalue weighted by Gasteiger charge is -2.45. The molecular weight excluding hydrogens is 350 g/mol. The Morgan fingerprint density at radius 1 is 0.893 bits per heavy atom. The van der Waals surface area contributed by atoms with Crippen LogP contribution in [0.25, 0.3) is 0 Å². The third kappa shape index (κ3) is 4.25. The van der Waals surface area contributed by atoms with Crippen LogP contribution < -0.4 is 5.32 Å². The summed E-state index contributed by atoms with van der Waals surface area (Å²) < 4.78 is 0. The van der Waals surface area contributed by atoms with E-state index in [-0.39, 0.29) is 17.9 Å². The number of carbonyl (C=O) groups is 2. The number of amides is 2. The van der Waals surface area contributed by atoms with E-state index in [9.17, 15) is 9.59 Å². The molecule has 1 N–H and O–H groups in total. The molecule has 2 amide bonds. The molecule has 146 valence electrons. The zero-order valence-corrected chi connectivity index (χ0v) is 16.1. The summed E-state index contributed by atoms with van der Waals surface area (Å²) in [7, 11) is 0. The molecule has 2 saturated heterocycles. The van der Waals surface area contributed by atoms with Crippen LogP contribution in [0.4, 0.5) is 0 Å². The number of piperazine rings is 2. The zero-order chi connectivity index (χ0) is 19.3. The number of hydrogen-bond acceptors (Lipinski definition) is 3. The SMILES string of the molecule is O=C1N[C@@H](Cc2ccccc2)C(=O)N2CCN(CCCc3ccccc3)C[C@H]12. The zero-order valence-electron chi connectivity index (χ0n) is 16.1. The Morgan fingerprint density at radius 3 is 2.29 bits per heavy atom. The van der Waals surface area contributed by atoms with Gasteiger partial charge in [0.05, 0.1) is 0 Å². The molecule has 2 heterocycles. The molecule has 2 aliphatic rings. The van der Waals surface area contributed by atoms with Gasteiger partial charge in [-0.2, -0.15) is 0 Å². The number of nitrogens with one attached hydrogen (secondary N) is 1. The van der Waals surface area contributed by atoms with Crippen LogP contribution in [0.3, 0.4) is 0 Å². The van der Waals surface area contributed by atoms with E-state index in [0.29, 0.717) is 19.5 Å². The maximum absolute atomic E-state index is 12.9. The molecule has 0 aliphatic carbocycles. The van der Waals surface area contributed by atoms with Crippen LogP contribution in [0.2, 0.25) is 0 Å². The molecule has 2 fully saturated rings. The van der Waals surface area contributed by atoms with E-state index in [2.05, 4.69) is 34.5 Å². The predicted octanol–water partition coefficient (Wildman–Crippen LogP) is 1.87. The van der Waals surface area contributed by atoms with Crippen molar-refractivity contribution in [2.24, 2.45) is 0 Å². The molecule has 0 bridgehead atoms. The number of hydrogen-bond donors (Lipinski definition) is 1. The highest BCUT2D eigenvalue weighted by atomic mass is 16.2. The fraction of sp³-hybridized carbons (Fsp3) is 0.391. The molecule has 0 saturated carbocycles. The molecule has 2 aromatic rings. The Morgan fingerprint density at radius 2 is 1.57 bits per heavy atom. The van der Waals surface area contributed by atoms with E-state index < -0.39 is 6.04 Å². The Labute approximate surface area is 166 Å². The van der Waals surface area contributed by atoms with Gasteiger partial charge in [-0.25, -0.2) is 0 Å². The van der Waals surface area contributed by atoms with E-state index >= 15 is 0 Å². The quantitative estimate of drug-likeness (QED) is 0.836. The minimum atomic E-state index is -0.448. The number of aryl methyl sites for hydroxylation is 1. The predicted molar refractivity (Wildman–Crippen MR) is 109 cm³/mol. The molecular formula is C23H27N3O2. The Hall–Kier alpha value is -2.66. The van der Waals surface area contributed by atoms with Crippen LogP contribution >= 0.6 is 0 Å². The third-order valence-electron chi connectivity index (χ3n) is 5.73.